The molecule has 1 N–H and O–H groups in total. The number of nitrogens with zero attached hydrogens (tertiary/aromatic N) is 1. The third-order valence-corrected chi connectivity index (χ3v) is 3.99. The Balaban J connectivity index is 2.23. The average Bonchev–Trinajstić information content (AvgIpc) is 2.39. The molecule has 3 nitrogen and oxygen atoms in total. The smallest absolute Gasteiger partial charge is 0.0772 e. The first-order valence-corrected chi connectivity index (χ1v) is 6.70. The predicted octanol–water partition coefficient (Wildman–Crippen LogP) is 2.69. The Morgan fingerprint density at radius 2 is 2.28 bits per heavy atom. The van der Waals surface area contributed by atoms with Gasteiger partial charge in [0.15, 0.2) is 0 Å². The van der Waals surface area contributed by atoms with Crippen LogP contribution in [0.25, 0.3) is 0 Å². The average molecular weight is 270 g/mol. The van der Waals surface area contributed by atoms with Crippen molar-refractivity contribution in [3.8, 4) is 0 Å². The molecule has 2 unspecified atom stereocenters. The second kappa shape index (κ2) is 5.91. The van der Waals surface area contributed by atoms with Gasteiger partial charge in [0.05, 0.1) is 12.7 Å². The fourth-order valence-electron chi connectivity index (χ4n) is 2.52. The minimum atomic E-state index is 0.0379. The van der Waals surface area contributed by atoms with Crippen LogP contribution in [0.15, 0.2) is 18.2 Å². The van der Waals surface area contributed by atoms with E-state index in [1.807, 2.05) is 18.2 Å². The first-order valence-electron chi connectivity index (χ1n) is 6.32. The summed E-state index contributed by atoms with van der Waals surface area (Å²) in [6, 6.07) is 5.63. The second-order valence-electron chi connectivity index (χ2n) is 4.92. The number of methoxy groups -OCH3 is 1. The van der Waals surface area contributed by atoms with Gasteiger partial charge in [-0.1, -0.05) is 24.6 Å². The van der Waals surface area contributed by atoms with Crippen LogP contribution in [0.3, 0.4) is 0 Å². The van der Waals surface area contributed by atoms with E-state index in [0.29, 0.717) is 10.9 Å². The molecule has 100 valence electrons. The molecular formula is C14H20ClNO2. The second-order valence-corrected chi connectivity index (χ2v) is 5.35. The van der Waals surface area contributed by atoms with E-state index in [1.54, 1.807) is 7.11 Å². The molecule has 0 amide bonds. The molecule has 1 saturated heterocycles. The van der Waals surface area contributed by atoms with Gasteiger partial charge in [-0.25, -0.2) is 0 Å². The van der Waals surface area contributed by atoms with Crippen LogP contribution in [0.4, 0.5) is 5.69 Å². The van der Waals surface area contributed by atoms with E-state index in [4.69, 9.17) is 16.3 Å². The summed E-state index contributed by atoms with van der Waals surface area (Å²) in [6.45, 7) is 4.09. The fraction of sp³-hybridized carbons (Fsp3) is 0.571. The van der Waals surface area contributed by atoms with Crippen LogP contribution in [0.1, 0.15) is 18.9 Å². The molecule has 2 rings (SSSR count). The van der Waals surface area contributed by atoms with Crippen LogP contribution in [0, 0.1) is 5.92 Å². The van der Waals surface area contributed by atoms with Crippen molar-refractivity contribution in [2.75, 3.05) is 25.1 Å². The summed E-state index contributed by atoms with van der Waals surface area (Å²) < 4.78 is 5.52. The highest BCUT2D eigenvalue weighted by Gasteiger charge is 2.27. The molecule has 0 radical (unpaired) electrons. The van der Waals surface area contributed by atoms with Gasteiger partial charge in [-0.2, -0.15) is 0 Å². The van der Waals surface area contributed by atoms with Crippen molar-refractivity contribution in [3.05, 3.63) is 28.8 Å². The molecule has 1 aliphatic rings. The molecule has 0 saturated carbocycles. The number of aliphatic hydroxyl groups is 1. The molecule has 1 aromatic rings. The number of hydrogen-bond acceptors (Lipinski definition) is 3. The zero-order valence-corrected chi connectivity index (χ0v) is 11.7. The lowest BCUT2D eigenvalue weighted by Crippen LogP contribution is -2.44. The molecule has 0 bridgehead atoms. The van der Waals surface area contributed by atoms with Gasteiger partial charge in [0.25, 0.3) is 0 Å². The highest BCUT2D eigenvalue weighted by atomic mass is 35.5. The number of benzene rings is 1. The van der Waals surface area contributed by atoms with Crippen LogP contribution in [-0.2, 0) is 11.3 Å². The molecule has 0 aliphatic carbocycles. The molecule has 1 heterocycles. The van der Waals surface area contributed by atoms with Gasteiger partial charge >= 0.3 is 0 Å². The van der Waals surface area contributed by atoms with Gasteiger partial charge in [-0.15, -0.1) is 0 Å². The van der Waals surface area contributed by atoms with Gasteiger partial charge < -0.3 is 14.7 Å². The van der Waals surface area contributed by atoms with Crippen molar-refractivity contribution < 1.29 is 9.84 Å². The maximum Gasteiger partial charge on any atom is 0.0772 e. The quantitative estimate of drug-likeness (QED) is 0.916. The first-order chi connectivity index (χ1) is 8.65. The SMILES string of the molecule is COC1CN(c2cc(Cl)ccc2CO)CCC1C. The molecule has 4 heteroatoms. The molecule has 1 aliphatic heterocycles. The van der Waals surface area contributed by atoms with E-state index in [0.717, 1.165) is 30.8 Å². The molecule has 1 aromatic carbocycles. The standard InChI is InChI=1S/C14H20ClNO2/c1-10-5-6-16(8-14(10)18-2)13-7-12(15)4-3-11(13)9-17/h3-4,7,10,14,17H,5-6,8-9H2,1-2H3. The van der Waals surface area contributed by atoms with Crippen molar-refractivity contribution in [3.63, 3.8) is 0 Å². The Hall–Kier alpha value is -0.770. The number of piperidine rings is 1. The summed E-state index contributed by atoms with van der Waals surface area (Å²) >= 11 is 6.05. The summed E-state index contributed by atoms with van der Waals surface area (Å²) in [7, 11) is 1.76. The van der Waals surface area contributed by atoms with E-state index in [-0.39, 0.29) is 12.7 Å². The summed E-state index contributed by atoms with van der Waals surface area (Å²) in [4.78, 5) is 2.26. The van der Waals surface area contributed by atoms with E-state index < -0.39 is 0 Å². The van der Waals surface area contributed by atoms with E-state index in [2.05, 4.69) is 11.8 Å². The Bertz CT molecular complexity index is 411. The molecule has 0 aromatic heterocycles. The lowest BCUT2D eigenvalue weighted by Gasteiger charge is -2.38. The Morgan fingerprint density at radius 1 is 1.50 bits per heavy atom. The maximum atomic E-state index is 9.41. The van der Waals surface area contributed by atoms with Crippen LogP contribution in [-0.4, -0.2) is 31.4 Å². The van der Waals surface area contributed by atoms with Gasteiger partial charge in [0.1, 0.15) is 0 Å². The summed E-state index contributed by atoms with van der Waals surface area (Å²) in [5.41, 5.74) is 1.95. The van der Waals surface area contributed by atoms with Gasteiger partial charge in [0, 0.05) is 36.5 Å². The van der Waals surface area contributed by atoms with Crippen LogP contribution < -0.4 is 4.90 Å². The molecule has 2 atom stereocenters. The summed E-state index contributed by atoms with van der Waals surface area (Å²) in [5, 5.41) is 10.1. The van der Waals surface area contributed by atoms with Gasteiger partial charge in [0.2, 0.25) is 0 Å². The van der Waals surface area contributed by atoms with Gasteiger partial charge in [-0.05, 0) is 24.5 Å². The monoisotopic (exact) mass is 269 g/mol. The maximum absolute atomic E-state index is 9.41. The van der Waals surface area contributed by atoms with E-state index in [9.17, 15) is 5.11 Å². The predicted molar refractivity (Wildman–Crippen MR) is 74.2 cm³/mol. The first kappa shape index (κ1) is 13.7. The van der Waals surface area contributed by atoms with Crippen LogP contribution in [0.5, 0.6) is 0 Å². The van der Waals surface area contributed by atoms with Crippen molar-refractivity contribution in [2.45, 2.75) is 26.1 Å². The zero-order valence-electron chi connectivity index (χ0n) is 10.9. The van der Waals surface area contributed by atoms with Crippen molar-refractivity contribution in [2.24, 2.45) is 5.92 Å². The number of hydrogen-bond donors (Lipinski definition) is 1. The largest absolute Gasteiger partial charge is 0.392 e. The number of rotatable bonds is 3. The van der Waals surface area contributed by atoms with Crippen LogP contribution >= 0.6 is 11.6 Å². The number of ether oxygens (including phenoxy) is 1. The fourth-order valence-corrected chi connectivity index (χ4v) is 2.69. The van der Waals surface area contributed by atoms with Crippen molar-refractivity contribution in [1.82, 2.24) is 0 Å². The number of anilines is 1. The normalized spacial score (nSPS) is 24.3. The summed E-state index contributed by atoms with van der Waals surface area (Å²) in [6.07, 6.45) is 1.33. The van der Waals surface area contributed by atoms with Crippen molar-refractivity contribution >= 4 is 17.3 Å². The third-order valence-electron chi connectivity index (χ3n) is 3.75. The minimum Gasteiger partial charge on any atom is -0.392 e. The van der Waals surface area contributed by atoms with Crippen LogP contribution in [0.2, 0.25) is 5.02 Å². The Morgan fingerprint density at radius 3 is 2.94 bits per heavy atom. The third kappa shape index (κ3) is 2.79. The number of aliphatic hydroxyl groups excluding tert-OH is 1. The molecule has 0 spiro atoms. The van der Waals surface area contributed by atoms with E-state index >= 15 is 0 Å². The summed E-state index contributed by atoms with van der Waals surface area (Å²) in [5.74, 6) is 0.572. The topological polar surface area (TPSA) is 32.7 Å². The van der Waals surface area contributed by atoms with E-state index in [1.165, 1.54) is 0 Å². The highest BCUT2D eigenvalue weighted by Crippen LogP contribution is 2.29. The zero-order chi connectivity index (χ0) is 13.1. The Kier molecular flexibility index (Phi) is 4.49. The molecular weight excluding hydrogens is 250 g/mol. The minimum absolute atomic E-state index is 0.0379. The molecule has 18 heavy (non-hydrogen) atoms. The van der Waals surface area contributed by atoms with Gasteiger partial charge in [-0.3, -0.25) is 0 Å². The number of halogens is 1. The lowest BCUT2D eigenvalue weighted by molar-refractivity contribution is 0.0497. The highest BCUT2D eigenvalue weighted by molar-refractivity contribution is 6.30. The van der Waals surface area contributed by atoms with Crippen molar-refractivity contribution in [1.29, 1.82) is 0 Å². The molecule has 1 fully saturated rings. The Labute approximate surface area is 113 Å². The lowest BCUT2D eigenvalue weighted by atomic mass is 9.95.